The number of carbonyl (C=O) groups is 1. The van der Waals surface area contributed by atoms with E-state index in [1.54, 1.807) is 18.2 Å². The summed E-state index contributed by atoms with van der Waals surface area (Å²) < 4.78 is 24.3. The highest BCUT2D eigenvalue weighted by Crippen LogP contribution is 2.31. The van der Waals surface area contributed by atoms with Crippen molar-refractivity contribution in [3.05, 3.63) is 47.8 Å². The number of rotatable bonds is 4. The molecule has 2 aromatic carbocycles. The number of methoxy groups -OCH3 is 2. The highest BCUT2D eigenvalue weighted by molar-refractivity contribution is 5.88. The number of hydrogen-bond acceptors (Lipinski definition) is 3. The lowest BCUT2D eigenvalue weighted by Crippen LogP contribution is -1.98. The molecule has 0 amide bonds. The van der Waals surface area contributed by atoms with E-state index in [9.17, 15) is 9.18 Å². The molecule has 20 heavy (non-hydrogen) atoms. The van der Waals surface area contributed by atoms with Crippen molar-refractivity contribution in [3.63, 3.8) is 0 Å². The molecule has 0 aliphatic heterocycles. The Hall–Kier alpha value is -2.56. The molecule has 0 aliphatic rings. The minimum Gasteiger partial charge on any atom is -0.497 e. The zero-order valence-corrected chi connectivity index (χ0v) is 11.0. The SMILES string of the molecule is COc1cc(OC)cc(-c2ccc(C(=O)O)cc2F)c1. The maximum Gasteiger partial charge on any atom is 0.335 e. The molecule has 0 saturated carbocycles. The molecule has 0 aliphatic carbocycles. The third-order valence-corrected chi connectivity index (χ3v) is 2.88. The van der Waals surface area contributed by atoms with E-state index in [2.05, 4.69) is 0 Å². The largest absolute Gasteiger partial charge is 0.497 e. The van der Waals surface area contributed by atoms with Crippen LogP contribution < -0.4 is 9.47 Å². The molecule has 0 spiro atoms. The van der Waals surface area contributed by atoms with Gasteiger partial charge in [-0.3, -0.25) is 0 Å². The topological polar surface area (TPSA) is 55.8 Å². The molecule has 104 valence electrons. The molecule has 0 atom stereocenters. The first-order chi connectivity index (χ1) is 9.55. The lowest BCUT2D eigenvalue weighted by molar-refractivity contribution is 0.0696. The van der Waals surface area contributed by atoms with Gasteiger partial charge in [0.15, 0.2) is 0 Å². The van der Waals surface area contributed by atoms with Crippen molar-refractivity contribution >= 4 is 5.97 Å². The first kappa shape index (κ1) is 13.9. The van der Waals surface area contributed by atoms with Crippen LogP contribution in [0.1, 0.15) is 10.4 Å². The Morgan fingerprint density at radius 2 is 1.65 bits per heavy atom. The second-order valence-corrected chi connectivity index (χ2v) is 4.10. The van der Waals surface area contributed by atoms with E-state index in [0.717, 1.165) is 6.07 Å². The molecular formula is C15H13FO4. The van der Waals surface area contributed by atoms with Crippen molar-refractivity contribution < 1.29 is 23.8 Å². The van der Waals surface area contributed by atoms with Gasteiger partial charge in [-0.2, -0.15) is 0 Å². The lowest BCUT2D eigenvalue weighted by atomic mass is 10.0. The Labute approximate surface area is 115 Å². The zero-order valence-electron chi connectivity index (χ0n) is 11.0. The first-order valence-corrected chi connectivity index (χ1v) is 5.81. The summed E-state index contributed by atoms with van der Waals surface area (Å²) in [6.45, 7) is 0. The highest BCUT2D eigenvalue weighted by Gasteiger charge is 2.12. The quantitative estimate of drug-likeness (QED) is 0.931. The van der Waals surface area contributed by atoms with Crippen LogP contribution in [0.5, 0.6) is 11.5 Å². The van der Waals surface area contributed by atoms with Gasteiger partial charge in [0.1, 0.15) is 17.3 Å². The molecular weight excluding hydrogens is 263 g/mol. The molecule has 5 heteroatoms. The summed E-state index contributed by atoms with van der Waals surface area (Å²) in [6.07, 6.45) is 0. The lowest BCUT2D eigenvalue weighted by Gasteiger charge is -2.09. The van der Waals surface area contributed by atoms with Crippen molar-refractivity contribution in [1.29, 1.82) is 0 Å². The molecule has 0 radical (unpaired) electrons. The Morgan fingerprint density at radius 1 is 1.05 bits per heavy atom. The summed E-state index contributed by atoms with van der Waals surface area (Å²) in [4.78, 5) is 10.8. The van der Waals surface area contributed by atoms with Gasteiger partial charge < -0.3 is 14.6 Å². The van der Waals surface area contributed by atoms with Gasteiger partial charge in [-0.25, -0.2) is 9.18 Å². The standard InChI is InChI=1S/C15H13FO4/c1-19-11-5-10(6-12(8-11)20-2)13-4-3-9(15(17)18)7-14(13)16/h3-8H,1-2H3,(H,17,18). The zero-order chi connectivity index (χ0) is 14.7. The number of halogens is 1. The van der Waals surface area contributed by atoms with Crippen LogP contribution in [0.3, 0.4) is 0 Å². The summed E-state index contributed by atoms with van der Waals surface area (Å²) in [5.74, 6) is -0.721. The fourth-order valence-corrected chi connectivity index (χ4v) is 1.85. The molecule has 0 saturated heterocycles. The monoisotopic (exact) mass is 276 g/mol. The maximum atomic E-state index is 14.0. The van der Waals surface area contributed by atoms with Gasteiger partial charge in [-0.1, -0.05) is 6.07 Å². The average molecular weight is 276 g/mol. The average Bonchev–Trinajstić information content (AvgIpc) is 2.46. The number of aromatic carboxylic acids is 1. The van der Waals surface area contributed by atoms with Gasteiger partial charge in [-0.15, -0.1) is 0 Å². The number of carboxylic acid groups (broad SMARTS) is 1. The molecule has 4 nitrogen and oxygen atoms in total. The molecule has 2 rings (SSSR count). The summed E-state index contributed by atoms with van der Waals surface area (Å²) in [7, 11) is 3.00. The Kier molecular flexibility index (Phi) is 3.89. The molecule has 0 unspecified atom stereocenters. The molecule has 0 bridgehead atoms. The molecule has 0 aromatic heterocycles. The van der Waals surface area contributed by atoms with Crippen LogP contribution in [0.25, 0.3) is 11.1 Å². The smallest absolute Gasteiger partial charge is 0.335 e. The molecule has 0 fully saturated rings. The van der Waals surface area contributed by atoms with E-state index in [4.69, 9.17) is 14.6 Å². The minimum absolute atomic E-state index is 0.0962. The first-order valence-electron chi connectivity index (χ1n) is 5.81. The third-order valence-electron chi connectivity index (χ3n) is 2.88. The predicted octanol–water partition coefficient (Wildman–Crippen LogP) is 3.21. The van der Waals surface area contributed by atoms with Crippen LogP contribution in [-0.2, 0) is 0 Å². The number of benzene rings is 2. The molecule has 1 N–H and O–H groups in total. The Balaban J connectivity index is 2.53. The Bertz CT molecular complexity index is 630. The predicted molar refractivity (Wildman–Crippen MR) is 71.9 cm³/mol. The van der Waals surface area contributed by atoms with Crippen LogP contribution in [-0.4, -0.2) is 25.3 Å². The van der Waals surface area contributed by atoms with E-state index in [1.165, 1.54) is 26.4 Å². The summed E-state index contributed by atoms with van der Waals surface area (Å²) >= 11 is 0. The van der Waals surface area contributed by atoms with Crippen LogP contribution in [0.15, 0.2) is 36.4 Å². The van der Waals surface area contributed by atoms with Crippen LogP contribution in [0.4, 0.5) is 4.39 Å². The van der Waals surface area contributed by atoms with Crippen LogP contribution >= 0.6 is 0 Å². The minimum atomic E-state index is -1.17. The maximum absolute atomic E-state index is 14.0. The van der Waals surface area contributed by atoms with Gasteiger partial charge >= 0.3 is 5.97 Å². The van der Waals surface area contributed by atoms with Crippen LogP contribution in [0.2, 0.25) is 0 Å². The third kappa shape index (κ3) is 2.71. The number of carboxylic acids is 1. The van der Waals surface area contributed by atoms with Gasteiger partial charge in [0.2, 0.25) is 0 Å². The van der Waals surface area contributed by atoms with E-state index in [1.807, 2.05) is 0 Å². The van der Waals surface area contributed by atoms with Gasteiger partial charge in [0, 0.05) is 11.6 Å². The van der Waals surface area contributed by atoms with Crippen molar-refractivity contribution in [2.75, 3.05) is 14.2 Å². The second kappa shape index (κ2) is 5.61. The van der Waals surface area contributed by atoms with Gasteiger partial charge in [0.05, 0.1) is 19.8 Å². The normalized spacial score (nSPS) is 10.2. The van der Waals surface area contributed by atoms with Crippen molar-refractivity contribution in [2.45, 2.75) is 0 Å². The van der Waals surface area contributed by atoms with Crippen LogP contribution in [0, 0.1) is 5.82 Å². The highest BCUT2D eigenvalue weighted by atomic mass is 19.1. The van der Waals surface area contributed by atoms with Crippen molar-refractivity contribution in [2.24, 2.45) is 0 Å². The van der Waals surface area contributed by atoms with E-state index < -0.39 is 11.8 Å². The van der Waals surface area contributed by atoms with Crippen molar-refractivity contribution in [3.8, 4) is 22.6 Å². The fraction of sp³-hybridized carbons (Fsp3) is 0.133. The molecule has 2 aromatic rings. The number of ether oxygens (including phenoxy) is 2. The fourth-order valence-electron chi connectivity index (χ4n) is 1.85. The van der Waals surface area contributed by atoms with E-state index in [-0.39, 0.29) is 11.1 Å². The summed E-state index contributed by atoms with van der Waals surface area (Å²) in [5.41, 5.74) is 0.740. The Morgan fingerprint density at radius 3 is 2.10 bits per heavy atom. The summed E-state index contributed by atoms with van der Waals surface area (Å²) in [6, 6.07) is 8.75. The van der Waals surface area contributed by atoms with Gasteiger partial charge in [0.25, 0.3) is 0 Å². The van der Waals surface area contributed by atoms with Gasteiger partial charge in [-0.05, 0) is 29.8 Å². The van der Waals surface area contributed by atoms with E-state index in [0.29, 0.717) is 17.1 Å². The summed E-state index contributed by atoms with van der Waals surface area (Å²) in [5, 5.41) is 8.83. The van der Waals surface area contributed by atoms with Crippen molar-refractivity contribution in [1.82, 2.24) is 0 Å². The number of hydrogen-bond donors (Lipinski definition) is 1. The second-order valence-electron chi connectivity index (χ2n) is 4.10. The van der Waals surface area contributed by atoms with E-state index >= 15 is 0 Å². The molecule has 0 heterocycles.